The fraction of sp³-hybridized carbons (Fsp3) is 0.125. The standard InChI is InChI=1S/C8H5Cl2FO3/c9-6-4(11)1-3(2-5(12)13)8(14)7(6)10/h1,14H,2H2,(H,12,13). The maximum atomic E-state index is 13.0. The maximum Gasteiger partial charge on any atom is 0.307 e. The van der Waals surface area contributed by atoms with Crippen molar-refractivity contribution in [3.05, 3.63) is 27.5 Å². The number of halogens is 3. The Labute approximate surface area is 88.7 Å². The molecule has 3 nitrogen and oxygen atoms in total. The Morgan fingerprint density at radius 1 is 1.43 bits per heavy atom. The summed E-state index contributed by atoms with van der Waals surface area (Å²) in [6, 6.07) is 0.845. The van der Waals surface area contributed by atoms with Crippen molar-refractivity contribution in [1.82, 2.24) is 0 Å². The lowest BCUT2D eigenvalue weighted by molar-refractivity contribution is -0.136. The SMILES string of the molecule is O=C(O)Cc1cc(F)c(Cl)c(Cl)c1O. The Hall–Kier alpha value is -1.00. The Morgan fingerprint density at radius 2 is 2.00 bits per heavy atom. The second kappa shape index (κ2) is 4.02. The van der Waals surface area contributed by atoms with Gasteiger partial charge in [-0.2, -0.15) is 0 Å². The molecule has 0 radical (unpaired) electrons. The van der Waals surface area contributed by atoms with Crippen LogP contribution in [0.3, 0.4) is 0 Å². The van der Waals surface area contributed by atoms with E-state index in [1.807, 2.05) is 0 Å². The topological polar surface area (TPSA) is 57.5 Å². The molecule has 0 aliphatic heterocycles. The zero-order valence-electron chi connectivity index (χ0n) is 6.72. The molecule has 1 aromatic carbocycles. The van der Waals surface area contributed by atoms with Crippen molar-refractivity contribution in [2.45, 2.75) is 6.42 Å². The molecule has 0 fully saturated rings. The molecule has 6 heteroatoms. The van der Waals surface area contributed by atoms with Gasteiger partial charge in [-0.15, -0.1) is 0 Å². The first-order valence-electron chi connectivity index (χ1n) is 3.50. The Morgan fingerprint density at radius 3 is 2.50 bits per heavy atom. The highest BCUT2D eigenvalue weighted by Gasteiger charge is 2.16. The van der Waals surface area contributed by atoms with E-state index in [2.05, 4.69) is 0 Å². The number of rotatable bonds is 2. The number of benzene rings is 1. The van der Waals surface area contributed by atoms with Crippen LogP contribution < -0.4 is 0 Å². The summed E-state index contributed by atoms with van der Waals surface area (Å²) in [5.74, 6) is -2.55. The minimum absolute atomic E-state index is 0.107. The Bertz CT molecular complexity index is 393. The second-order valence-corrected chi connectivity index (χ2v) is 3.32. The summed E-state index contributed by atoms with van der Waals surface area (Å²) >= 11 is 10.8. The van der Waals surface area contributed by atoms with Crippen LogP contribution in [0.2, 0.25) is 10.0 Å². The number of hydrogen-bond acceptors (Lipinski definition) is 2. The predicted molar refractivity (Wildman–Crippen MR) is 49.4 cm³/mol. The number of aromatic hydroxyl groups is 1. The largest absolute Gasteiger partial charge is 0.506 e. The van der Waals surface area contributed by atoms with Crippen molar-refractivity contribution in [3.63, 3.8) is 0 Å². The van der Waals surface area contributed by atoms with E-state index in [4.69, 9.17) is 28.3 Å². The molecule has 1 rings (SSSR count). The molecule has 0 aliphatic rings. The van der Waals surface area contributed by atoms with Gasteiger partial charge in [-0.25, -0.2) is 4.39 Å². The van der Waals surface area contributed by atoms with E-state index in [1.165, 1.54) is 0 Å². The molecular weight excluding hydrogens is 234 g/mol. The Kier molecular flexibility index (Phi) is 3.18. The number of phenolic OH excluding ortho intramolecular Hbond substituents is 1. The van der Waals surface area contributed by atoms with Crippen molar-refractivity contribution >= 4 is 29.2 Å². The van der Waals surface area contributed by atoms with E-state index in [-0.39, 0.29) is 10.6 Å². The lowest BCUT2D eigenvalue weighted by atomic mass is 10.1. The van der Waals surface area contributed by atoms with E-state index in [0.29, 0.717) is 0 Å². The number of carboxylic acids is 1. The van der Waals surface area contributed by atoms with E-state index in [1.54, 1.807) is 0 Å². The minimum Gasteiger partial charge on any atom is -0.506 e. The lowest BCUT2D eigenvalue weighted by Crippen LogP contribution is -2.01. The third-order valence-corrected chi connectivity index (χ3v) is 2.39. The van der Waals surface area contributed by atoms with Crippen molar-refractivity contribution < 1.29 is 19.4 Å². The number of phenols is 1. The molecular formula is C8H5Cl2FO3. The van der Waals surface area contributed by atoms with Gasteiger partial charge in [-0.3, -0.25) is 4.79 Å². The highest BCUT2D eigenvalue weighted by atomic mass is 35.5. The van der Waals surface area contributed by atoms with Gasteiger partial charge >= 0.3 is 5.97 Å². The van der Waals surface area contributed by atoms with Gasteiger partial charge in [0.25, 0.3) is 0 Å². The molecule has 0 saturated carbocycles. The lowest BCUT2D eigenvalue weighted by Gasteiger charge is -2.06. The molecule has 0 saturated heterocycles. The highest BCUT2D eigenvalue weighted by molar-refractivity contribution is 6.43. The Balaban J connectivity index is 3.25. The molecule has 76 valence electrons. The molecule has 0 aliphatic carbocycles. The van der Waals surface area contributed by atoms with Crippen LogP contribution in [-0.4, -0.2) is 16.2 Å². The molecule has 14 heavy (non-hydrogen) atoms. The van der Waals surface area contributed by atoms with Crippen molar-refractivity contribution in [2.75, 3.05) is 0 Å². The maximum absolute atomic E-state index is 13.0. The molecule has 1 aromatic rings. The average molecular weight is 239 g/mol. The molecule has 0 spiro atoms. The predicted octanol–water partition coefficient (Wildman–Crippen LogP) is 2.47. The first kappa shape index (κ1) is 11.1. The van der Waals surface area contributed by atoms with E-state index in [0.717, 1.165) is 6.07 Å². The summed E-state index contributed by atoms with van der Waals surface area (Å²) in [7, 11) is 0. The number of hydrogen-bond donors (Lipinski definition) is 2. The minimum atomic E-state index is -1.20. The van der Waals surface area contributed by atoms with Crippen LogP contribution in [0, 0.1) is 5.82 Å². The van der Waals surface area contributed by atoms with Crippen LogP contribution in [0.5, 0.6) is 5.75 Å². The van der Waals surface area contributed by atoms with Crippen LogP contribution in [0.25, 0.3) is 0 Å². The van der Waals surface area contributed by atoms with Crippen LogP contribution in [0.4, 0.5) is 4.39 Å². The van der Waals surface area contributed by atoms with E-state index < -0.39 is 29.0 Å². The number of carbonyl (C=O) groups is 1. The normalized spacial score (nSPS) is 10.2. The van der Waals surface area contributed by atoms with E-state index in [9.17, 15) is 14.3 Å². The smallest absolute Gasteiger partial charge is 0.307 e. The van der Waals surface area contributed by atoms with Crippen LogP contribution >= 0.6 is 23.2 Å². The van der Waals surface area contributed by atoms with Gasteiger partial charge in [0, 0.05) is 5.56 Å². The van der Waals surface area contributed by atoms with Gasteiger partial charge in [0.1, 0.15) is 16.6 Å². The summed E-state index contributed by atoms with van der Waals surface area (Å²) in [4.78, 5) is 10.3. The zero-order chi connectivity index (χ0) is 10.9. The third kappa shape index (κ3) is 2.08. The van der Waals surface area contributed by atoms with Crippen molar-refractivity contribution in [1.29, 1.82) is 0 Å². The van der Waals surface area contributed by atoms with Gasteiger partial charge in [0.05, 0.1) is 11.4 Å². The summed E-state index contributed by atoms with van der Waals surface area (Å²) < 4.78 is 13.0. The van der Waals surface area contributed by atoms with Crippen LogP contribution in [-0.2, 0) is 11.2 Å². The molecule has 0 bridgehead atoms. The average Bonchev–Trinajstić information content (AvgIpc) is 2.10. The van der Waals surface area contributed by atoms with Crippen molar-refractivity contribution in [2.24, 2.45) is 0 Å². The molecule has 0 unspecified atom stereocenters. The van der Waals surface area contributed by atoms with Gasteiger partial charge in [0.2, 0.25) is 0 Å². The summed E-state index contributed by atoms with van der Waals surface area (Å²) in [6.07, 6.45) is -0.514. The number of carboxylic acid groups (broad SMARTS) is 1. The molecule has 0 amide bonds. The first-order valence-corrected chi connectivity index (χ1v) is 4.26. The molecule has 0 atom stereocenters. The van der Waals surface area contributed by atoms with Gasteiger partial charge in [-0.1, -0.05) is 23.2 Å². The summed E-state index contributed by atoms with van der Waals surface area (Å²) in [5, 5.41) is 16.9. The zero-order valence-corrected chi connectivity index (χ0v) is 8.23. The second-order valence-electron chi connectivity index (χ2n) is 2.56. The monoisotopic (exact) mass is 238 g/mol. The van der Waals surface area contributed by atoms with Crippen molar-refractivity contribution in [3.8, 4) is 5.75 Å². The van der Waals surface area contributed by atoms with Gasteiger partial charge in [0.15, 0.2) is 0 Å². The van der Waals surface area contributed by atoms with Crippen LogP contribution in [0.1, 0.15) is 5.56 Å². The summed E-state index contributed by atoms with van der Waals surface area (Å²) in [5.41, 5.74) is -0.107. The fourth-order valence-corrected chi connectivity index (χ4v) is 1.29. The quantitative estimate of drug-likeness (QED) is 0.779. The summed E-state index contributed by atoms with van der Waals surface area (Å²) in [6.45, 7) is 0. The molecule has 0 aromatic heterocycles. The van der Waals surface area contributed by atoms with Crippen LogP contribution in [0.15, 0.2) is 6.07 Å². The van der Waals surface area contributed by atoms with Gasteiger partial charge < -0.3 is 10.2 Å². The van der Waals surface area contributed by atoms with Gasteiger partial charge in [-0.05, 0) is 6.07 Å². The molecule has 0 heterocycles. The number of aliphatic carboxylic acids is 1. The molecule has 2 N–H and O–H groups in total. The van der Waals surface area contributed by atoms with E-state index >= 15 is 0 Å². The highest BCUT2D eigenvalue weighted by Crippen LogP contribution is 2.36. The third-order valence-electron chi connectivity index (χ3n) is 1.56. The fourth-order valence-electron chi connectivity index (χ4n) is 0.932. The first-order chi connectivity index (χ1) is 6.43.